The van der Waals surface area contributed by atoms with Gasteiger partial charge in [-0.15, -0.1) is 0 Å². The highest BCUT2D eigenvalue weighted by Gasteiger charge is 2.21. The van der Waals surface area contributed by atoms with E-state index in [1.807, 2.05) is 0 Å². The van der Waals surface area contributed by atoms with Crippen molar-refractivity contribution in [3.05, 3.63) is 0 Å². The van der Waals surface area contributed by atoms with Crippen molar-refractivity contribution in [2.75, 3.05) is 47.1 Å². The summed E-state index contributed by atoms with van der Waals surface area (Å²) >= 11 is 0. The highest BCUT2D eigenvalue weighted by Crippen LogP contribution is 2.23. The van der Waals surface area contributed by atoms with Gasteiger partial charge in [-0.1, -0.05) is 6.42 Å². The lowest BCUT2D eigenvalue weighted by Crippen LogP contribution is -2.38. The van der Waals surface area contributed by atoms with Gasteiger partial charge in [-0.05, 0) is 31.6 Å². The summed E-state index contributed by atoms with van der Waals surface area (Å²) in [4.78, 5) is 2.51. The second-order valence-corrected chi connectivity index (χ2v) is 5.43. The molecule has 1 aliphatic rings. The van der Waals surface area contributed by atoms with Crippen molar-refractivity contribution in [3.8, 4) is 0 Å². The molecular formula is C14H30N2O2. The van der Waals surface area contributed by atoms with Crippen LogP contribution in [0.3, 0.4) is 0 Å². The molecular weight excluding hydrogens is 228 g/mol. The van der Waals surface area contributed by atoms with Gasteiger partial charge in [0.1, 0.15) is 0 Å². The topological polar surface area (TPSA) is 47.7 Å². The summed E-state index contributed by atoms with van der Waals surface area (Å²) in [5.74, 6) is 0.771. The third kappa shape index (κ3) is 6.69. The zero-order valence-electron chi connectivity index (χ0n) is 12.1. The first-order valence-electron chi connectivity index (χ1n) is 7.22. The zero-order chi connectivity index (χ0) is 13.2. The summed E-state index contributed by atoms with van der Waals surface area (Å²) in [6, 6.07) is 0.423. The fraction of sp³-hybridized carbons (Fsp3) is 1.00. The molecule has 0 spiro atoms. The fourth-order valence-electron chi connectivity index (χ4n) is 2.81. The third-order valence-corrected chi connectivity index (χ3v) is 3.77. The van der Waals surface area contributed by atoms with Crippen LogP contribution < -0.4 is 5.73 Å². The molecule has 1 saturated carbocycles. The number of nitrogens with zero attached hydrogens (tertiary/aromatic N) is 1. The lowest BCUT2D eigenvalue weighted by atomic mass is 9.86. The Morgan fingerprint density at radius 2 is 1.89 bits per heavy atom. The summed E-state index contributed by atoms with van der Waals surface area (Å²) in [6.45, 7) is 4.94. The number of methoxy groups -OCH3 is 2. The van der Waals surface area contributed by atoms with E-state index in [1.54, 1.807) is 14.2 Å². The van der Waals surface area contributed by atoms with Crippen LogP contribution in [0.5, 0.6) is 0 Å². The van der Waals surface area contributed by atoms with Gasteiger partial charge in [0.2, 0.25) is 0 Å². The van der Waals surface area contributed by atoms with Crippen LogP contribution in [0.2, 0.25) is 0 Å². The molecule has 2 atom stereocenters. The molecule has 0 saturated heterocycles. The Balaban J connectivity index is 2.28. The maximum absolute atomic E-state index is 6.06. The predicted molar refractivity (Wildman–Crippen MR) is 74.7 cm³/mol. The fourth-order valence-corrected chi connectivity index (χ4v) is 2.81. The van der Waals surface area contributed by atoms with Crippen molar-refractivity contribution >= 4 is 0 Å². The summed E-state index contributed by atoms with van der Waals surface area (Å²) < 4.78 is 10.3. The second kappa shape index (κ2) is 9.73. The summed E-state index contributed by atoms with van der Waals surface area (Å²) in [5, 5.41) is 0. The Morgan fingerprint density at radius 3 is 2.56 bits per heavy atom. The van der Waals surface area contributed by atoms with Crippen molar-refractivity contribution in [2.24, 2.45) is 11.7 Å². The minimum absolute atomic E-state index is 0.423. The summed E-state index contributed by atoms with van der Waals surface area (Å²) in [6.07, 6.45) is 6.12. The molecule has 0 amide bonds. The summed E-state index contributed by atoms with van der Waals surface area (Å²) in [7, 11) is 3.53. The van der Waals surface area contributed by atoms with Crippen LogP contribution in [0, 0.1) is 5.92 Å². The van der Waals surface area contributed by atoms with Crippen molar-refractivity contribution in [1.29, 1.82) is 0 Å². The number of hydrogen-bond acceptors (Lipinski definition) is 4. The number of nitrogens with two attached hydrogens (primary N) is 1. The maximum atomic E-state index is 6.06. The monoisotopic (exact) mass is 258 g/mol. The van der Waals surface area contributed by atoms with Crippen LogP contribution in [0.1, 0.15) is 32.1 Å². The zero-order valence-corrected chi connectivity index (χ0v) is 12.1. The molecule has 18 heavy (non-hydrogen) atoms. The Labute approximate surface area is 112 Å². The Morgan fingerprint density at radius 1 is 1.11 bits per heavy atom. The van der Waals surface area contributed by atoms with E-state index in [1.165, 1.54) is 32.2 Å². The molecule has 2 N–H and O–H groups in total. The standard InChI is InChI=1S/C14H30N2O2/c1-17-9-4-7-16(8-10-18-2)12-13-5-3-6-14(15)11-13/h13-14H,3-12,15H2,1-2H3. The first-order chi connectivity index (χ1) is 8.76. The molecule has 0 aromatic heterocycles. The molecule has 108 valence electrons. The Hall–Kier alpha value is -0.160. The van der Waals surface area contributed by atoms with Crippen molar-refractivity contribution in [2.45, 2.75) is 38.1 Å². The van der Waals surface area contributed by atoms with E-state index < -0.39 is 0 Å². The number of rotatable bonds is 9. The van der Waals surface area contributed by atoms with Gasteiger partial charge < -0.3 is 20.1 Å². The lowest BCUT2D eigenvalue weighted by molar-refractivity contribution is 0.114. The van der Waals surface area contributed by atoms with E-state index in [0.29, 0.717) is 6.04 Å². The average molecular weight is 258 g/mol. The molecule has 1 fully saturated rings. The first-order valence-corrected chi connectivity index (χ1v) is 7.22. The summed E-state index contributed by atoms with van der Waals surface area (Å²) in [5.41, 5.74) is 6.06. The van der Waals surface area contributed by atoms with Gasteiger partial charge in [-0.2, -0.15) is 0 Å². The predicted octanol–water partition coefficient (Wildman–Crippen LogP) is 1.49. The van der Waals surface area contributed by atoms with E-state index in [9.17, 15) is 0 Å². The SMILES string of the molecule is COCCCN(CCOC)CC1CCCC(N)C1. The van der Waals surface area contributed by atoms with Crippen molar-refractivity contribution < 1.29 is 9.47 Å². The van der Waals surface area contributed by atoms with Gasteiger partial charge in [-0.25, -0.2) is 0 Å². The number of ether oxygens (including phenoxy) is 2. The van der Waals surface area contributed by atoms with E-state index in [2.05, 4.69) is 4.90 Å². The molecule has 4 nitrogen and oxygen atoms in total. The van der Waals surface area contributed by atoms with Crippen molar-refractivity contribution in [1.82, 2.24) is 4.90 Å². The highest BCUT2D eigenvalue weighted by atomic mass is 16.5. The Kier molecular flexibility index (Phi) is 8.59. The molecule has 0 bridgehead atoms. The van der Waals surface area contributed by atoms with Crippen LogP contribution in [0.15, 0.2) is 0 Å². The largest absolute Gasteiger partial charge is 0.385 e. The van der Waals surface area contributed by atoms with Gasteiger partial charge in [0, 0.05) is 46.5 Å². The van der Waals surface area contributed by atoms with Crippen LogP contribution in [0.25, 0.3) is 0 Å². The normalized spacial score (nSPS) is 24.7. The van der Waals surface area contributed by atoms with E-state index >= 15 is 0 Å². The Bertz CT molecular complexity index is 202. The van der Waals surface area contributed by atoms with E-state index in [-0.39, 0.29) is 0 Å². The van der Waals surface area contributed by atoms with E-state index in [0.717, 1.165) is 38.6 Å². The third-order valence-electron chi connectivity index (χ3n) is 3.77. The van der Waals surface area contributed by atoms with Crippen molar-refractivity contribution in [3.63, 3.8) is 0 Å². The molecule has 4 heteroatoms. The molecule has 0 aliphatic heterocycles. The van der Waals surface area contributed by atoms with Gasteiger partial charge in [0.25, 0.3) is 0 Å². The molecule has 0 aromatic carbocycles. The maximum Gasteiger partial charge on any atom is 0.0589 e. The molecule has 1 rings (SSSR count). The minimum Gasteiger partial charge on any atom is -0.385 e. The molecule has 0 heterocycles. The van der Waals surface area contributed by atoms with Crippen LogP contribution in [0.4, 0.5) is 0 Å². The van der Waals surface area contributed by atoms with Crippen LogP contribution in [-0.2, 0) is 9.47 Å². The molecule has 1 aliphatic carbocycles. The lowest BCUT2D eigenvalue weighted by Gasteiger charge is -2.32. The van der Waals surface area contributed by atoms with Gasteiger partial charge in [-0.3, -0.25) is 0 Å². The smallest absolute Gasteiger partial charge is 0.0589 e. The highest BCUT2D eigenvalue weighted by molar-refractivity contribution is 4.77. The molecule has 0 aromatic rings. The molecule has 2 unspecified atom stereocenters. The first kappa shape index (κ1) is 15.9. The van der Waals surface area contributed by atoms with Crippen LogP contribution >= 0.6 is 0 Å². The van der Waals surface area contributed by atoms with Gasteiger partial charge >= 0.3 is 0 Å². The average Bonchev–Trinajstić information content (AvgIpc) is 2.36. The van der Waals surface area contributed by atoms with Gasteiger partial charge in [0.05, 0.1) is 6.61 Å². The minimum atomic E-state index is 0.423. The quantitative estimate of drug-likeness (QED) is 0.637. The van der Waals surface area contributed by atoms with E-state index in [4.69, 9.17) is 15.2 Å². The molecule has 0 radical (unpaired) electrons. The van der Waals surface area contributed by atoms with Gasteiger partial charge in [0.15, 0.2) is 0 Å². The van der Waals surface area contributed by atoms with Crippen LogP contribution in [-0.4, -0.2) is 58.0 Å². The number of hydrogen-bond donors (Lipinski definition) is 1. The second-order valence-electron chi connectivity index (χ2n) is 5.43.